The van der Waals surface area contributed by atoms with E-state index >= 15 is 0 Å². The Hall–Kier alpha value is -3.93. The number of aliphatic hydroxyl groups is 1. The number of hydrogen-bond acceptors (Lipinski definition) is 7. The third-order valence-corrected chi connectivity index (χ3v) is 37.2. The Balaban J connectivity index is 0.000000150. The van der Waals surface area contributed by atoms with E-state index < -0.39 is 41.5 Å². The van der Waals surface area contributed by atoms with Gasteiger partial charge in [0.25, 0.3) is 10.1 Å². The smallest absolute Gasteiger partial charge is 0.264 e. The summed E-state index contributed by atoms with van der Waals surface area (Å²) in [6.45, 7) is 0. The van der Waals surface area contributed by atoms with E-state index in [0.717, 1.165) is 55.4 Å². The van der Waals surface area contributed by atoms with Gasteiger partial charge in [0.2, 0.25) is 0 Å². The summed E-state index contributed by atoms with van der Waals surface area (Å²) in [6, 6.07) is 81.3. The molecule has 11 rings (SSSR count). The molecule has 0 aromatic heterocycles. The van der Waals surface area contributed by atoms with Crippen molar-refractivity contribution in [2.45, 2.75) is 92.6 Å². The molecule has 8 aromatic carbocycles. The molecule has 7 unspecified atom stereocenters. The molecule has 8 aromatic rings. The molecular formula is C67H77BO4P4S4. The quantitative estimate of drug-likeness (QED) is 0.0554. The topological polar surface area (TPSA) is 63.6 Å². The lowest BCUT2D eigenvalue weighted by Crippen LogP contribution is -2.29. The molecule has 0 saturated carbocycles. The Morgan fingerprint density at radius 2 is 0.762 bits per heavy atom. The first-order valence-corrected chi connectivity index (χ1v) is 40.3. The number of benzene rings is 8. The zero-order valence-corrected chi connectivity index (χ0v) is 52.0. The zero-order valence-electron chi connectivity index (χ0n) is 45.1. The van der Waals surface area contributed by atoms with Gasteiger partial charge in [-0.2, -0.15) is 8.42 Å². The SMILES string of the molecule is CS(=O)(=O)O[C@@H](CC1CCCP1(=S)c1ccccc1)c1ccccc1.O[C@@H](CC1CCCP1(=S)c1ccccc1)c1ccccc1.[BH3-][P+](c1ccccc1)(c1ccccc1)C(CC1CCCP1(=S)c1ccccc1)c1ccccc1. The highest BCUT2D eigenvalue weighted by molar-refractivity contribution is 8.19. The fourth-order valence-corrected chi connectivity index (χ4v) is 30.5. The van der Waals surface area contributed by atoms with Crippen molar-refractivity contribution in [3.05, 3.63) is 259 Å². The van der Waals surface area contributed by atoms with Crippen LogP contribution in [0.2, 0.25) is 0 Å². The maximum atomic E-state index is 11.8. The van der Waals surface area contributed by atoms with Gasteiger partial charge in [-0.1, -0.05) is 261 Å². The highest BCUT2D eigenvalue weighted by Gasteiger charge is 2.45. The van der Waals surface area contributed by atoms with Gasteiger partial charge < -0.3 is 5.11 Å². The molecule has 416 valence electrons. The summed E-state index contributed by atoms with van der Waals surface area (Å²) < 4.78 is 29.0. The molecule has 0 radical (unpaired) electrons. The van der Waals surface area contributed by atoms with Crippen LogP contribution < -0.4 is 26.5 Å². The average molecular weight is 1210 g/mol. The molecule has 4 nitrogen and oxygen atoms in total. The van der Waals surface area contributed by atoms with Gasteiger partial charge in [-0.3, -0.25) is 4.18 Å². The summed E-state index contributed by atoms with van der Waals surface area (Å²) in [5, 5.41) is 17.8. The minimum Gasteiger partial charge on any atom is -0.388 e. The van der Waals surface area contributed by atoms with Gasteiger partial charge in [0.1, 0.15) is 13.7 Å². The van der Waals surface area contributed by atoms with Crippen molar-refractivity contribution in [1.82, 2.24) is 0 Å². The van der Waals surface area contributed by atoms with Gasteiger partial charge in [0.15, 0.2) is 0 Å². The summed E-state index contributed by atoms with van der Waals surface area (Å²) >= 11 is 18.9. The average Bonchev–Trinajstić information content (AvgIpc) is 4.31. The van der Waals surface area contributed by atoms with Crippen LogP contribution in [-0.4, -0.2) is 62.8 Å². The lowest BCUT2D eigenvalue weighted by atomic mass is 10.0. The van der Waals surface area contributed by atoms with Crippen molar-refractivity contribution >= 4 is 105 Å². The highest BCUT2D eigenvalue weighted by atomic mass is 32.4. The van der Waals surface area contributed by atoms with Crippen molar-refractivity contribution in [2.75, 3.05) is 24.7 Å². The Kier molecular flexibility index (Phi) is 21.3. The predicted molar refractivity (Wildman–Crippen MR) is 363 cm³/mol. The van der Waals surface area contributed by atoms with E-state index in [1.54, 1.807) is 10.6 Å². The summed E-state index contributed by atoms with van der Waals surface area (Å²) in [5.74, 6) is 0. The van der Waals surface area contributed by atoms with Crippen molar-refractivity contribution in [2.24, 2.45) is 0 Å². The van der Waals surface area contributed by atoms with Crippen LogP contribution in [-0.2, 0) is 49.7 Å². The van der Waals surface area contributed by atoms with Gasteiger partial charge >= 0.3 is 0 Å². The highest BCUT2D eigenvalue weighted by Crippen LogP contribution is 2.69. The van der Waals surface area contributed by atoms with E-state index in [9.17, 15) is 13.5 Å². The van der Waals surface area contributed by atoms with E-state index in [2.05, 4.69) is 164 Å². The van der Waals surface area contributed by atoms with Crippen LogP contribution in [0.1, 0.15) is 92.3 Å². The van der Waals surface area contributed by atoms with E-state index in [4.69, 9.17) is 39.6 Å². The Morgan fingerprint density at radius 3 is 1.12 bits per heavy atom. The van der Waals surface area contributed by atoms with Crippen LogP contribution in [0.3, 0.4) is 0 Å². The molecule has 3 heterocycles. The molecule has 3 aliphatic rings. The maximum absolute atomic E-state index is 11.8. The first-order chi connectivity index (χ1) is 38.7. The first-order valence-electron chi connectivity index (χ1n) is 27.9. The molecule has 80 heavy (non-hydrogen) atoms. The molecular weight excluding hydrogens is 1130 g/mol. The number of hydrogen-bond donors (Lipinski definition) is 1. The van der Waals surface area contributed by atoms with Gasteiger partial charge in [0, 0.05) is 0 Å². The van der Waals surface area contributed by atoms with Crippen LogP contribution in [0.25, 0.3) is 0 Å². The predicted octanol–water partition coefficient (Wildman–Crippen LogP) is 14.2. The van der Waals surface area contributed by atoms with E-state index in [1.807, 2.05) is 78.9 Å². The third kappa shape index (κ3) is 14.7. The van der Waals surface area contributed by atoms with Crippen LogP contribution >= 0.6 is 25.3 Å². The minimum atomic E-state index is -3.54. The number of rotatable bonds is 17. The Morgan fingerprint density at radius 1 is 0.463 bits per heavy atom. The number of aliphatic hydroxyl groups excluding tert-OH is 1. The zero-order chi connectivity index (χ0) is 56.1. The summed E-state index contributed by atoms with van der Waals surface area (Å²) in [4.78, 5) is 0. The molecule has 13 heteroatoms. The third-order valence-electron chi connectivity index (χ3n) is 16.1. The molecule has 3 saturated heterocycles. The fraction of sp³-hybridized carbons (Fsp3) is 0.284. The lowest BCUT2D eigenvalue weighted by Gasteiger charge is -2.40. The summed E-state index contributed by atoms with van der Waals surface area (Å²) in [6.07, 6.45) is 13.5. The lowest BCUT2D eigenvalue weighted by molar-refractivity contribution is 0.166. The van der Waals surface area contributed by atoms with Gasteiger partial charge in [0.05, 0.1) is 28.6 Å². The van der Waals surface area contributed by atoms with Crippen LogP contribution in [0.15, 0.2) is 243 Å². The van der Waals surface area contributed by atoms with Gasteiger partial charge in [-0.25, -0.2) is 0 Å². The van der Waals surface area contributed by atoms with E-state index in [1.165, 1.54) is 53.3 Å². The fourth-order valence-electron chi connectivity index (χ4n) is 12.2. The summed E-state index contributed by atoms with van der Waals surface area (Å²) in [5.41, 5.74) is 5.43. The second kappa shape index (κ2) is 28.1. The molecule has 1 N–H and O–H groups in total. The molecule has 0 amide bonds. The molecule has 9 atom stereocenters. The second-order valence-corrected chi connectivity index (χ2v) is 41.0. The standard InChI is InChI=1S/C30H33BP2S.C19H23O3PS2.C18H21OPS/c31-33(27-18-9-3-10-19-27,28-20-11-4-12-21-28)30(25-14-5-1-6-15-25)24-29-22-13-23-32(29,34)26-16-7-2-8-17-26;1-25(20,21)22-19(16-9-4-2-5-10-16)15-18-13-8-14-23(18,24)17-11-6-3-7-12-17;19-18(15-8-3-1-4-9-15)14-17-12-7-13-20(17,21)16-10-5-2-6-11-16/h1-12,14-21,29-30H,13,22-24H2,31H3;2-7,9-12,18-19H,8,13-15H2,1H3;1-6,8-11,17-19H,7,12-14H2/t;18?,19-,23?;17?,18-,20?/m.00/s1. The van der Waals surface area contributed by atoms with Gasteiger partial charge in [-0.05, 0) is 168 Å². The molecule has 0 bridgehead atoms. The molecule has 3 fully saturated rings. The Bertz CT molecular complexity index is 3410. The molecule has 0 aliphatic carbocycles. The van der Waals surface area contributed by atoms with Crippen molar-refractivity contribution < 1.29 is 17.7 Å². The van der Waals surface area contributed by atoms with E-state index in [-0.39, 0.29) is 13.7 Å². The molecule has 3 aliphatic heterocycles. The van der Waals surface area contributed by atoms with E-state index in [0.29, 0.717) is 29.1 Å². The largest absolute Gasteiger partial charge is 0.388 e. The Labute approximate surface area is 495 Å². The summed E-state index contributed by atoms with van der Waals surface area (Å²) in [7, 11) is -5.03. The molecule has 0 spiro atoms. The van der Waals surface area contributed by atoms with Crippen LogP contribution in [0.5, 0.6) is 0 Å². The normalized spacial score (nSPS) is 23.8. The first kappa shape index (κ1) is 60.7. The monoisotopic (exact) mass is 1210 g/mol. The van der Waals surface area contributed by atoms with Crippen LogP contribution in [0.4, 0.5) is 0 Å². The van der Waals surface area contributed by atoms with Crippen LogP contribution in [0, 0.1) is 0 Å². The maximum Gasteiger partial charge on any atom is 0.264 e. The minimum absolute atomic E-state index is 0.00721. The van der Waals surface area contributed by atoms with Gasteiger partial charge in [-0.15, -0.1) is 0 Å². The second-order valence-electron chi connectivity index (χ2n) is 21.3. The van der Waals surface area contributed by atoms with Crippen molar-refractivity contribution in [3.63, 3.8) is 0 Å². The van der Waals surface area contributed by atoms with Crippen molar-refractivity contribution in [1.29, 1.82) is 0 Å². The van der Waals surface area contributed by atoms with Crippen molar-refractivity contribution in [3.8, 4) is 0 Å².